The van der Waals surface area contributed by atoms with Gasteiger partial charge in [-0.3, -0.25) is 0 Å². The second-order valence-electron chi connectivity index (χ2n) is 3.60. The van der Waals surface area contributed by atoms with Crippen LogP contribution in [-0.2, 0) is 40.8 Å². The molecule has 4 rings (SSSR count). The van der Waals surface area contributed by atoms with Gasteiger partial charge in [0.05, 0.1) is 0 Å². The van der Waals surface area contributed by atoms with Crippen molar-refractivity contribution in [3.8, 4) is 0 Å². The van der Waals surface area contributed by atoms with Crippen LogP contribution < -0.4 is 0 Å². The van der Waals surface area contributed by atoms with Crippen LogP contribution in [0, 0.1) is 12.7 Å². The average Bonchev–Trinajstić information content (AvgIpc) is 2.36. The van der Waals surface area contributed by atoms with Crippen LogP contribution in [0.4, 0.5) is 0 Å². The van der Waals surface area contributed by atoms with E-state index < -0.39 is 0 Å². The Morgan fingerprint density at radius 2 is 0.833 bits per heavy atom. The minimum atomic E-state index is 0. The number of aromatic nitrogens is 4. The van der Waals surface area contributed by atoms with Gasteiger partial charge in [0.2, 0.25) is 0 Å². The largest absolute Gasteiger partial charge is 0.366 e. The van der Waals surface area contributed by atoms with Gasteiger partial charge in [-0.05, 0) is 22.1 Å². The van der Waals surface area contributed by atoms with Crippen LogP contribution in [0.3, 0.4) is 0 Å². The minimum absolute atomic E-state index is 0. The predicted molar refractivity (Wildman–Crippen MR) is 59.0 cm³/mol. The maximum Gasteiger partial charge on any atom is 0.0225 e. The molecule has 0 spiro atoms. The molecule has 0 saturated carbocycles. The first-order valence-corrected chi connectivity index (χ1v) is 4.86. The van der Waals surface area contributed by atoms with Crippen LogP contribution in [0.15, 0.2) is 24.3 Å². The van der Waals surface area contributed by atoms with Gasteiger partial charge >= 0.3 is 0 Å². The van der Waals surface area contributed by atoms with Gasteiger partial charge in [0.15, 0.2) is 0 Å². The van der Waals surface area contributed by atoms with Crippen LogP contribution in [0.5, 0.6) is 0 Å². The summed E-state index contributed by atoms with van der Waals surface area (Å²) in [6.07, 6.45) is 5.30. The number of nitrogens with zero attached hydrogens (tertiary/aromatic N) is 4. The van der Waals surface area contributed by atoms with Crippen molar-refractivity contribution in [2.45, 2.75) is 0 Å². The molecular weight excluding hydrogens is 573 g/mol. The maximum absolute atomic E-state index is 4.13. The van der Waals surface area contributed by atoms with Crippen molar-refractivity contribution in [2.24, 2.45) is 0 Å². The third-order valence-corrected chi connectivity index (χ3v) is 2.75. The summed E-state index contributed by atoms with van der Waals surface area (Å²) in [7, 11) is 0. The monoisotopic (exact) mass is 578 g/mol. The zero-order chi connectivity index (χ0) is 10.5. The summed E-state index contributed by atoms with van der Waals surface area (Å²) < 4.78 is 0. The van der Waals surface area contributed by atoms with Crippen molar-refractivity contribution in [3.63, 3.8) is 0 Å². The molecule has 0 aliphatic heterocycles. The van der Waals surface area contributed by atoms with E-state index in [4.69, 9.17) is 0 Å². The Kier molecular flexibility index (Phi) is 3.66. The first-order valence-electron chi connectivity index (χ1n) is 4.86. The van der Waals surface area contributed by atoms with E-state index in [-0.39, 0.29) is 40.8 Å². The molecule has 2 aromatic carbocycles. The normalized spacial score (nSPS) is 10.4. The fourth-order valence-electron chi connectivity index (χ4n) is 2.06. The molecule has 0 atom stereocenters. The van der Waals surface area contributed by atoms with E-state index in [0.717, 1.165) is 32.8 Å². The fourth-order valence-corrected chi connectivity index (χ4v) is 2.06. The Balaban J connectivity index is 0.000000602. The molecule has 4 aromatic rings. The third-order valence-electron chi connectivity index (χ3n) is 2.75. The molecule has 6 heteroatoms. The van der Waals surface area contributed by atoms with Gasteiger partial charge in [-0.2, -0.15) is 0 Å². The minimum Gasteiger partial charge on any atom is -0.366 e. The van der Waals surface area contributed by atoms with E-state index in [1.165, 1.54) is 0 Å². The Bertz CT molecular complexity index is 689. The van der Waals surface area contributed by atoms with Crippen LogP contribution in [-0.4, -0.2) is 19.9 Å². The molecule has 0 saturated heterocycles. The van der Waals surface area contributed by atoms with Crippen molar-refractivity contribution < 1.29 is 40.8 Å². The number of rotatable bonds is 0. The SMILES string of the molecule is [Re].[Re].[c-]1nc2ccc3n[c-]nc4ccc(n1)c2c34. The molecule has 0 aliphatic carbocycles. The second-order valence-corrected chi connectivity index (χ2v) is 3.60. The molecule has 0 aliphatic rings. The number of hydrogen-bond acceptors (Lipinski definition) is 4. The summed E-state index contributed by atoms with van der Waals surface area (Å²) in [6, 6.07) is 7.68. The number of benzene rings is 2. The van der Waals surface area contributed by atoms with Gasteiger partial charge in [-0.25, -0.2) is 0 Å². The van der Waals surface area contributed by atoms with Crippen LogP contribution >= 0.6 is 0 Å². The van der Waals surface area contributed by atoms with Crippen LogP contribution in [0.1, 0.15) is 0 Å². The first-order chi connectivity index (χ1) is 7.93. The van der Waals surface area contributed by atoms with E-state index in [1.807, 2.05) is 24.3 Å². The summed E-state index contributed by atoms with van der Waals surface area (Å²) in [4.78, 5) is 16.5. The van der Waals surface area contributed by atoms with Crippen LogP contribution in [0.25, 0.3) is 32.8 Å². The van der Waals surface area contributed by atoms with Crippen molar-refractivity contribution >= 4 is 32.8 Å². The van der Waals surface area contributed by atoms with Crippen molar-refractivity contribution in [3.05, 3.63) is 36.9 Å². The molecule has 0 unspecified atom stereocenters. The van der Waals surface area contributed by atoms with E-state index in [2.05, 4.69) is 32.6 Å². The van der Waals surface area contributed by atoms with Crippen molar-refractivity contribution in [1.82, 2.24) is 19.9 Å². The maximum atomic E-state index is 4.13. The molecule has 0 fully saturated rings. The molecule has 0 amide bonds. The van der Waals surface area contributed by atoms with E-state index in [1.54, 1.807) is 0 Å². The van der Waals surface area contributed by atoms with Crippen molar-refractivity contribution in [2.75, 3.05) is 0 Å². The Morgan fingerprint density at radius 1 is 0.556 bits per heavy atom. The predicted octanol–water partition coefficient (Wildman–Crippen LogP) is 1.76. The zero-order valence-corrected chi connectivity index (χ0v) is 14.3. The van der Waals surface area contributed by atoms with Gasteiger partial charge < -0.3 is 19.9 Å². The van der Waals surface area contributed by atoms with E-state index in [9.17, 15) is 0 Å². The Labute approximate surface area is 130 Å². The molecule has 4 nitrogen and oxygen atoms in total. The third kappa shape index (κ3) is 1.74. The molecule has 0 bridgehead atoms. The summed E-state index contributed by atoms with van der Waals surface area (Å²) in [5.41, 5.74) is 3.49. The van der Waals surface area contributed by atoms with Gasteiger partial charge in [-0.1, -0.05) is 10.8 Å². The molecule has 2 heterocycles. The van der Waals surface area contributed by atoms with Gasteiger partial charge in [0.25, 0.3) is 0 Å². The quantitative estimate of drug-likeness (QED) is 0.237. The standard InChI is InChI=1S/C12H4N4.2Re/c1-2-8-12-10(16-6-14-8)4-3-9-11(12)7(1)13-5-15-9;;/h1-4H;;/q-2;;. The number of hydrogen-bond donors (Lipinski definition) is 0. The molecule has 18 heavy (non-hydrogen) atoms. The smallest absolute Gasteiger partial charge is 0.0225 e. The van der Waals surface area contributed by atoms with Crippen molar-refractivity contribution in [1.29, 1.82) is 0 Å². The van der Waals surface area contributed by atoms with Gasteiger partial charge in [-0.15, -0.1) is 24.3 Å². The van der Waals surface area contributed by atoms with E-state index >= 15 is 0 Å². The Morgan fingerprint density at radius 3 is 1.11 bits per heavy atom. The zero-order valence-electron chi connectivity index (χ0n) is 8.85. The van der Waals surface area contributed by atoms with Gasteiger partial charge in [0.1, 0.15) is 0 Å². The van der Waals surface area contributed by atoms with Gasteiger partial charge in [0, 0.05) is 53.5 Å². The second kappa shape index (κ2) is 4.92. The molecule has 2 radical (unpaired) electrons. The summed E-state index contributed by atoms with van der Waals surface area (Å²) in [5, 5.41) is 2.01. The van der Waals surface area contributed by atoms with Crippen LogP contribution in [0.2, 0.25) is 0 Å². The topological polar surface area (TPSA) is 51.6 Å². The average molecular weight is 577 g/mol. The molecule has 88 valence electrons. The fraction of sp³-hybridized carbons (Fsp3) is 0. The molecular formula is C12H4N4Re2-2. The first kappa shape index (κ1) is 13.4. The summed E-state index contributed by atoms with van der Waals surface area (Å²) in [5.74, 6) is 0. The van der Waals surface area contributed by atoms with E-state index in [0.29, 0.717) is 0 Å². The molecule has 2 aromatic heterocycles. The molecule has 0 N–H and O–H groups in total. The Hall–Kier alpha value is -1.04. The summed E-state index contributed by atoms with van der Waals surface area (Å²) in [6.45, 7) is 0. The summed E-state index contributed by atoms with van der Waals surface area (Å²) >= 11 is 0.